The molecule has 4 aliphatic rings. The zero-order chi connectivity index (χ0) is 18.9. The maximum absolute atomic E-state index is 12.2. The first-order valence-corrected chi connectivity index (χ1v) is 12.0. The normalized spacial score (nSPS) is 48.4. The minimum atomic E-state index is -3.42. The number of hydrogen-bond acceptors (Lipinski definition) is 4. The van der Waals surface area contributed by atoms with E-state index in [4.69, 9.17) is 4.18 Å². The number of rotatable bonds is 2. The maximum Gasteiger partial charge on any atom is 0.264 e. The molecule has 146 valence electrons. The molecule has 5 heteroatoms. The maximum atomic E-state index is 12.2. The lowest BCUT2D eigenvalue weighted by Gasteiger charge is -2.58. The highest BCUT2D eigenvalue weighted by atomic mass is 32.2. The summed E-state index contributed by atoms with van der Waals surface area (Å²) in [7, 11) is -3.42. The molecule has 26 heavy (non-hydrogen) atoms. The number of carbonyl (C=O) groups is 1. The van der Waals surface area contributed by atoms with Gasteiger partial charge in [0.25, 0.3) is 10.1 Å². The van der Waals surface area contributed by atoms with Gasteiger partial charge in [0.15, 0.2) is 5.78 Å². The van der Waals surface area contributed by atoms with Crippen LogP contribution in [0.15, 0.2) is 11.6 Å². The number of hydrogen-bond donors (Lipinski definition) is 0. The highest BCUT2D eigenvalue weighted by molar-refractivity contribution is 7.86. The van der Waals surface area contributed by atoms with E-state index < -0.39 is 10.1 Å². The van der Waals surface area contributed by atoms with Crippen LogP contribution < -0.4 is 0 Å². The summed E-state index contributed by atoms with van der Waals surface area (Å²) in [6.45, 7) is 6.72. The number of fused-ring (bicyclic) bond motifs is 5. The van der Waals surface area contributed by atoms with Gasteiger partial charge in [-0.3, -0.25) is 8.98 Å². The zero-order valence-corrected chi connectivity index (χ0v) is 17.3. The van der Waals surface area contributed by atoms with E-state index in [0.29, 0.717) is 23.5 Å². The van der Waals surface area contributed by atoms with E-state index >= 15 is 0 Å². The number of carbonyl (C=O) groups excluding carboxylic acids is 1. The molecule has 3 saturated carbocycles. The Kier molecular flexibility index (Phi) is 4.24. The van der Waals surface area contributed by atoms with Crippen molar-refractivity contribution in [3.63, 3.8) is 0 Å². The van der Waals surface area contributed by atoms with Crippen molar-refractivity contribution in [1.82, 2.24) is 0 Å². The molecule has 0 heterocycles. The molecule has 0 amide bonds. The standard InChI is InChI=1S/C21H32O4S/c1-13-12-21(3)14(11-18(13)22)5-6-15-16-7-8-19(25-26(4,23)24)20(16,2)10-9-17(15)21/h11,13,15-17,19H,5-10,12H2,1-4H3/t13?,15-,16-,17-,19-,20-,21-/m0/s1. The predicted octanol–water partition coefficient (Wildman–Crippen LogP) is 4.11. The van der Waals surface area contributed by atoms with Crippen molar-refractivity contribution in [2.75, 3.05) is 6.26 Å². The molecule has 0 radical (unpaired) electrons. The van der Waals surface area contributed by atoms with Crippen molar-refractivity contribution in [3.8, 4) is 0 Å². The number of allylic oxidation sites excluding steroid dienone is 1. The van der Waals surface area contributed by atoms with Gasteiger partial charge < -0.3 is 0 Å². The van der Waals surface area contributed by atoms with Crippen LogP contribution in [0.1, 0.15) is 65.7 Å². The lowest BCUT2D eigenvalue weighted by Crippen LogP contribution is -2.52. The lowest BCUT2D eigenvalue weighted by molar-refractivity contribution is -0.122. The largest absolute Gasteiger partial charge is 0.295 e. The average Bonchev–Trinajstić information content (AvgIpc) is 2.84. The Balaban J connectivity index is 1.63. The zero-order valence-electron chi connectivity index (χ0n) is 16.5. The Morgan fingerprint density at radius 2 is 1.85 bits per heavy atom. The minimum Gasteiger partial charge on any atom is -0.295 e. The minimum absolute atomic E-state index is 0.0298. The number of ketones is 1. The fourth-order valence-corrected chi connectivity index (χ4v) is 7.96. The average molecular weight is 381 g/mol. The molecule has 0 aliphatic heterocycles. The first kappa shape index (κ1) is 18.7. The molecular formula is C21H32O4S. The molecule has 4 rings (SSSR count). The van der Waals surface area contributed by atoms with Crippen molar-refractivity contribution in [2.24, 2.45) is 34.5 Å². The van der Waals surface area contributed by atoms with Gasteiger partial charge in [-0.05, 0) is 79.6 Å². The molecule has 0 bridgehead atoms. The third-order valence-corrected chi connectivity index (χ3v) is 9.05. The Hall–Kier alpha value is -0.680. The molecule has 0 saturated heterocycles. The molecule has 4 aliphatic carbocycles. The van der Waals surface area contributed by atoms with Gasteiger partial charge >= 0.3 is 0 Å². The summed E-state index contributed by atoms with van der Waals surface area (Å²) in [6, 6.07) is 0. The van der Waals surface area contributed by atoms with Gasteiger partial charge in [-0.2, -0.15) is 8.42 Å². The van der Waals surface area contributed by atoms with Gasteiger partial charge in [-0.15, -0.1) is 0 Å². The van der Waals surface area contributed by atoms with E-state index in [9.17, 15) is 13.2 Å². The third kappa shape index (κ3) is 2.72. The SMILES string of the molecule is CC1C[C@@]2(C)C(=CC1=O)CC[C@H]1[C@@H]3CC[C@H](OS(C)(=O)=O)[C@@]3(C)CC[C@@H]12. The smallest absolute Gasteiger partial charge is 0.264 e. The van der Waals surface area contributed by atoms with Gasteiger partial charge in [0.05, 0.1) is 12.4 Å². The molecule has 4 nitrogen and oxygen atoms in total. The van der Waals surface area contributed by atoms with E-state index in [1.54, 1.807) is 0 Å². The van der Waals surface area contributed by atoms with Gasteiger partial charge in [0, 0.05) is 5.92 Å². The van der Waals surface area contributed by atoms with E-state index in [-0.39, 0.29) is 22.9 Å². The van der Waals surface area contributed by atoms with Gasteiger partial charge in [-0.1, -0.05) is 26.3 Å². The quantitative estimate of drug-likeness (QED) is 0.677. The Labute approximate surface area is 157 Å². The summed E-state index contributed by atoms with van der Waals surface area (Å²) in [5.41, 5.74) is 1.50. The van der Waals surface area contributed by atoms with Crippen LogP contribution in [0, 0.1) is 34.5 Å². The first-order valence-electron chi connectivity index (χ1n) is 10.2. The van der Waals surface area contributed by atoms with E-state index in [2.05, 4.69) is 20.8 Å². The lowest BCUT2D eigenvalue weighted by atomic mass is 9.47. The second kappa shape index (κ2) is 5.91. The molecule has 0 aromatic rings. The van der Waals surface area contributed by atoms with E-state index in [1.165, 1.54) is 11.8 Å². The van der Waals surface area contributed by atoms with Gasteiger partial charge in [0.2, 0.25) is 0 Å². The van der Waals surface area contributed by atoms with Crippen LogP contribution in [0.3, 0.4) is 0 Å². The summed E-state index contributed by atoms with van der Waals surface area (Å²) in [6.07, 6.45) is 10.2. The van der Waals surface area contributed by atoms with Crippen molar-refractivity contribution >= 4 is 15.9 Å². The van der Waals surface area contributed by atoms with Gasteiger partial charge in [0.1, 0.15) is 0 Å². The molecule has 0 aromatic carbocycles. The molecule has 7 atom stereocenters. The molecule has 0 spiro atoms. The van der Waals surface area contributed by atoms with E-state index in [0.717, 1.165) is 44.9 Å². The molecule has 1 unspecified atom stereocenters. The second-order valence-electron chi connectivity index (χ2n) is 9.92. The first-order chi connectivity index (χ1) is 12.0. The second-order valence-corrected chi connectivity index (χ2v) is 11.5. The van der Waals surface area contributed by atoms with Crippen LogP contribution in [0.2, 0.25) is 0 Å². The van der Waals surface area contributed by atoms with Crippen LogP contribution in [0.4, 0.5) is 0 Å². The Morgan fingerprint density at radius 1 is 1.12 bits per heavy atom. The summed E-state index contributed by atoms with van der Waals surface area (Å²) in [4.78, 5) is 12.2. The molecular weight excluding hydrogens is 348 g/mol. The van der Waals surface area contributed by atoms with Gasteiger partial charge in [-0.25, -0.2) is 0 Å². The Bertz CT molecular complexity index is 754. The van der Waals surface area contributed by atoms with Crippen LogP contribution in [-0.4, -0.2) is 26.6 Å². The van der Waals surface area contributed by atoms with Crippen LogP contribution in [0.5, 0.6) is 0 Å². The molecule has 3 fully saturated rings. The summed E-state index contributed by atoms with van der Waals surface area (Å²) in [5, 5.41) is 0. The summed E-state index contributed by atoms with van der Waals surface area (Å²) < 4.78 is 29.0. The predicted molar refractivity (Wildman–Crippen MR) is 101 cm³/mol. The van der Waals surface area contributed by atoms with E-state index in [1.807, 2.05) is 6.08 Å². The van der Waals surface area contributed by atoms with Crippen LogP contribution in [0.25, 0.3) is 0 Å². The van der Waals surface area contributed by atoms with Crippen LogP contribution >= 0.6 is 0 Å². The van der Waals surface area contributed by atoms with Crippen molar-refractivity contribution in [1.29, 1.82) is 0 Å². The highest BCUT2D eigenvalue weighted by Gasteiger charge is 2.60. The Morgan fingerprint density at radius 3 is 2.54 bits per heavy atom. The fourth-order valence-electron chi connectivity index (χ4n) is 7.22. The van der Waals surface area contributed by atoms with Crippen molar-refractivity contribution in [2.45, 2.75) is 71.8 Å². The molecule has 0 N–H and O–H groups in total. The summed E-state index contributed by atoms with van der Waals surface area (Å²) in [5.74, 6) is 2.22. The van der Waals surface area contributed by atoms with Crippen molar-refractivity contribution < 1.29 is 17.4 Å². The third-order valence-electron chi connectivity index (χ3n) is 8.47. The van der Waals surface area contributed by atoms with Crippen LogP contribution in [-0.2, 0) is 19.1 Å². The molecule has 0 aromatic heterocycles. The van der Waals surface area contributed by atoms with Crippen molar-refractivity contribution in [3.05, 3.63) is 11.6 Å². The summed E-state index contributed by atoms with van der Waals surface area (Å²) >= 11 is 0. The fraction of sp³-hybridized carbons (Fsp3) is 0.857. The topological polar surface area (TPSA) is 60.4 Å². The monoisotopic (exact) mass is 380 g/mol. The highest BCUT2D eigenvalue weighted by Crippen LogP contribution is 2.66.